The molecule has 1 saturated heterocycles. The Morgan fingerprint density at radius 1 is 1.20 bits per heavy atom. The van der Waals surface area contributed by atoms with Crippen molar-refractivity contribution in [2.45, 2.75) is 32.4 Å². The van der Waals surface area contributed by atoms with Crippen LogP contribution in [0.4, 0.5) is 10.1 Å². The molecule has 2 aliphatic heterocycles. The second-order valence-electron chi connectivity index (χ2n) is 7.39. The molecule has 3 heterocycles. The van der Waals surface area contributed by atoms with Gasteiger partial charge in [-0.2, -0.15) is 0 Å². The summed E-state index contributed by atoms with van der Waals surface area (Å²) in [6.45, 7) is 2.88. The molecule has 0 bridgehead atoms. The number of hydrogen-bond donors (Lipinski definition) is 1. The Morgan fingerprint density at radius 2 is 1.90 bits per heavy atom. The standard InChI is InChI=1S/C20H20FN5O4/c1-11-22-5-6-25(11)8-7-24(2)16-10-13-12(9-14(16)21)19(29)26(20(13)30)15-3-4-17(27)23-18(15)28/h5-6,9-10,15H,3-4,7-8H2,1-2H3,(H,23,27,28). The summed E-state index contributed by atoms with van der Waals surface area (Å²) >= 11 is 0. The number of imide groups is 2. The van der Waals surface area contributed by atoms with Crippen molar-refractivity contribution < 1.29 is 23.6 Å². The van der Waals surface area contributed by atoms with Gasteiger partial charge in [0.2, 0.25) is 11.8 Å². The molecule has 10 heteroatoms. The lowest BCUT2D eigenvalue weighted by atomic mass is 10.0. The third-order valence-electron chi connectivity index (χ3n) is 5.52. The molecule has 1 aromatic heterocycles. The van der Waals surface area contributed by atoms with Crippen LogP contribution in [0.15, 0.2) is 24.5 Å². The Hall–Kier alpha value is -3.56. The van der Waals surface area contributed by atoms with E-state index in [9.17, 15) is 23.6 Å². The van der Waals surface area contributed by atoms with E-state index in [4.69, 9.17) is 0 Å². The average molecular weight is 413 g/mol. The lowest BCUT2D eigenvalue weighted by Gasteiger charge is -2.27. The van der Waals surface area contributed by atoms with E-state index in [0.717, 1.165) is 16.8 Å². The molecule has 0 saturated carbocycles. The molecule has 2 aliphatic rings. The summed E-state index contributed by atoms with van der Waals surface area (Å²) in [5.41, 5.74) is 0.148. The third kappa shape index (κ3) is 3.23. The molecule has 156 valence electrons. The molecule has 1 N–H and O–H groups in total. The first-order valence-corrected chi connectivity index (χ1v) is 9.52. The maximum Gasteiger partial charge on any atom is 0.262 e. The first kappa shape index (κ1) is 19.7. The average Bonchev–Trinajstić information content (AvgIpc) is 3.21. The quantitative estimate of drug-likeness (QED) is 0.730. The second-order valence-corrected chi connectivity index (χ2v) is 7.39. The molecular formula is C20H20FN5O4. The minimum atomic E-state index is -1.08. The van der Waals surface area contributed by atoms with Gasteiger partial charge in [-0.3, -0.25) is 29.4 Å². The van der Waals surface area contributed by atoms with E-state index in [0.29, 0.717) is 13.1 Å². The van der Waals surface area contributed by atoms with Gasteiger partial charge in [-0.25, -0.2) is 9.37 Å². The molecule has 9 nitrogen and oxygen atoms in total. The van der Waals surface area contributed by atoms with Crippen LogP contribution in [0.3, 0.4) is 0 Å². The van der Waals surface area contributed by atoms with Crippen molar-refractivity contribution >= 4 is 29.3 Å². The summed E-state index contributed by atoms with van der Waals surface area (Å²) in [6, 6.07) is 1.30. The van der Waals surface area contributed by atoms with Crippen molar-refractivity contribution in [3.05, 3.63) is 47.3 Å². The van der Waals surface area contributed by atoms with E-state index >= 15 is 0 Å². The van der Waals surface area contributed by atoms with Gasteiger partial charge in [-0.1, -0.05) is 0 Å². The van der Waals surface area contributed by atoms with Gasteiger partial charge < -0.3 is 9.47 Å². The van der Waals surface area contributed by atoms with Crippen LogP contribution in [0.1, 0.15) is 39.4 Å². The number of nitrogens with one attached hydrogen (secondary N) is 1. The maximum absolute atomic E-state index is 14.8. The van der Waals surface area contributed by atoms with Crippen molar-refractivity contribution in [3.8, 4) is 0 Å². The van der Waals surface area contributed by atoms with Crippen LogP contribution < -0.4 is 10.2 Å². The molecule has 0 spiro atoms. The summed E-state index contributed by atoms with van der Waals surface area (Å²) in [5.74, 6) is -2.34. The number of benzene rings is 1. The summed E-state index contributed by atoms with van der Waals surface area (Å²) in [6.07, 6.45) is 3.58. The van der Waals surface area contributed by atoms with E-state index in [1.165, 1.54) is 6.07 Å². The van der Waals surface area contributed by atoms with Crippen molar-refractivity contribution in [2.24, 2.45) is 0 Å². The SMILES string of the molecule is Cc1nccn1CCN(C)c1cc2c(cc1F)C(=O)N(C1CCC(=O)NC1=O)C2=O. The fourth-order valence-electron chi connectivity index (χ4n) is 3.79. The van der Waals surface area contributed by atoms with Crippen LogP contribution in [0.2, 0.25) is 0 Å². The lowest BCUT2D eigenvalue weighted by Crippen LogP contribution is -2.54. The van der Waals surface area contributed by atoms with E-state index in [1.54, 1.807) is 18.1 Å². The second kappa shape index (κ2) is 7.36. The smallest absolute Gasteiger partial charge is 0.262 e. The Balaban J connectivity index is 1.58. The highest BCUT2D eigenvalue weighted by molar-refractivity contribution is 6.23. The third-order valence-corrected chi connectivity index (χ3v) is 5.52. The van der Waals surface area contributed by atoms with E-state index < -0.39 is 35.5 Å². The van der Waals surface area contributed by atoms with E-state index in [2.05, 4.69) is 10.3 Å². The van der Waals surface area contributed by atoms with E-state index in [-0.39, 0.29) is 29.7 Å². The first-order valence-electron chi connectivity index (χ1n) is 9.52. The molecule has 1 unspecified atom stereocenters. The highest BCUT2D eigenvalue weighted by Gasteiger charge is 2.45. The van der Waals surface area contributed by atoms with Crippen LogP contribution in [-0.2, 0) is 16.1 Å². The first-order chi connectivity index (χ1) is 14.3. The van der Waals surface area contributed by atoms with Gasteiger partial charge in [0.1, 0.15) is 17.7 Å². The fourth-order valence-corrected chi connectivity index (χ4v) is 3.79. The number of anilines is 1. The molecule has 1 fully saturated rings. The molecule has 4 amide bonds. The minimum Gasteiger partial charge on any atom is -0.370 e. The van der Waals surface area contributed by atoms with Gasteiger partial charge in [0.05, 0.1) is 16.8 Å². The van der Waals surface area contributed by atoms with Crippen molar-refractivity contribution in [3.63, 3.8) is 0 Å². The van der Waals surface area contributed by atoms with Crippen LogP contribution in [0.5, 0.6) is 0 Å². The lowest BCUT2D eigenvalue weighted by molar-refractivity contribution is -0.136. The van der Waals surface area contributed by atoms with Gasteiger partial charge in [-0.05, 0) is 25.5 Å². The van der Waals surface area contributed by atoms with Crippen LogP contribution in [0.25, 0.3) is 0 Å². The van der Waals surface area contributed by atoms with Gasteiger partial charge in [0.15, 0.2) is 0 Å². The Kier molecular flexibility index (Phi) is 4.84. The summed E-state index contributed by atoms with van der Waals surface area (Å²) < 4.78 is 16.7. The number of halogens is 1. The number of fused-ring (bicyclic) bond motifs is 1. The van der Waals surface area contributed by atoms with Crippen LogP contribution >= 0.6 is 0 Å². The summed E-state index contributed by atoms with van der Waals surface area (Å²) in [5, 5.41) is 2.14. The maximum atomic E-state index is 14.8. The number of carbonyl (C=O) groups is 4. The van der Waals surface area contributed by atoms with Crippen molar-refractivity contribution in [1.29, 1.82) is 0 Å². The molecule has 4 rings (SSSR count). The number of likely N-dealkylation sites (N-methyl/N-ethyl adjacent to an activating group) is 1. The Labute approximate surface area is 171 Å². The highest BCUT2D eigenvalue weighted by Crippen LogP contribution is 2.32. The summed E-state index contributed by atoms with van der Waals surface area (Å²) in [4.78, 5) is 55.8. The van der Waals surface area contributed by atoms with E-state index in [1.807, 2.05) is 17.7 Å². The molecule has 2 aromatic rings. The van der Waals surface area contributed by atoms with Gasteiger partial charge >= 0.3 is 0 Å². The van der Waals surface area contributed by atoms with Gasteiger partial charge in [0, 0.05) is 39.0 Å². The topological polar surface area (TPSA) is 105 Å². The number of piperidine rings is 1. The molecule has 1 aromatic carbocycles. The molecule has 30 heavy (non-hydrogen) atoms. The van der Waals surface area contributed by atoms with Crippen LogP contribution in [-0.4, -0.2) is 57.7 Å². The molecular weight excluding hydrogens is 393 g/mol. The monoisotopic (exact) mass is 413 g/mol. The number of hydrogen-bond acceptors (Lipinski definition) is 6. The number of carbonyl (C=O) groups excluding carboxylic acids is 4. The van der Waals surface area contributed by atoms with Crippen molar-refractivity contribution in [2.75, 3.05) is 18.5 Å². The highest BCUT2D eigenvalue weighted by atomic mass is 19.1. The molecule has 0 aliphatic carbocycles. The van der Waals surface area contributed by atoms with Crippen molar-refractivity contribution in [1.82, 2.24) is 19.8 Å². The zero-order valence-electron chi connectivity index (χ0n) is 16.5. The number of aromatic nitrogens is 2. The van der Waals surface area contributed by atoms with Gasteiger partial charge in [-0.15, -0.1) is 0 Å². The predicted molar refractivity (Wildman–Crippen MR) is 103 cm³/mol. The zero-order valence-corrected chi connectivity index (χ0v) is 16.5. The number of rotatable bonds is 5. The number of amides is 4. The largest absolute Gasteiger partial charge is 0.370 e. The number of aryl methyl sites for hydroxylation is 1. The Bertz CT molecular complexity index is 1080. The number of imidazole rings is 1. The minimum absolute atomic E-state index is 0.0276. The zero-order chi connectivity index (χ0) is 21.6. The fraction of sp³-hybridized carbons (Fsp3) is 0.350. The molecule has 0 radical (unpaired) electrons. The van der Waals surface area contributed by atoms with Gasteiger partial charge in [0.25, 0.3) is 11.8 Å². The molecule has 1 atom stereocenters. The normalized spacial score (nSPS) is 18.6. The predicted octanol–water partition coefficient (Wildman–Crippen LogP) is 0.868. The van der Waals surface area contributed by atoms with Crippen LogP contribution in [0, 0.1) is 12.7 Å². The number of nitrogens with zero attached hydrogens (tertiary/aromatic N) is 4. The Morgan fingerprint density at radius 3 is 2.53 bits per heavy atom. The summed E-state index contributed by atoms with van der Waals surface area (Å²) in [7, 11) is 1.69.